The van der Waals surface area contributed by atoms with Gasteiger partial charge in [0.1, 0.15) is 12.4 Å². The minimum atomic E-state index is -3.73. The van der Waals surface area contributed by atoms with Gasteiger partial charge in [-0.15, -0.1) is 0 Å². The Morgan fingerprint density at radius 3 is 2.56 bits per heavy atom. The number of fused-ring (bicyclic) bond motifs is 1. The third-order valence-electron chi connectivity index (χ3n) is 7.22. The minimum Gasteiger partial charge on any atom is -0.492 e. The van der Waals surface area contributed by atoms with E-state index in [1.54, 1.807) is 19.0 Å². The molecule has 2 aliphatic rings. The molecule has 0 saturated carbocycles. The van der Waals surface area contributed by atoms with Crippen LogP contribution in [-0.2, 0) is 22.9 Å². The molecule has 0 aromatic heterocycles. The third-order valence-corrected chi connectivity index (χ3v) is 8.99. The van der Waals surface area contributed by atoms with Gasteiger partial charge in [0, 0.05) is 45.8 Å². The fraction of sp³-hybridized carbons (Fsp3) is 0.464. The van der Waals surface area contributed by atoms with Crippen molar-refractivity contribution < 1.29 is 13.2 Å². The second kappa shape index (κ2) is 11.6. The highest BCUT2D eigenvalue weighted by atomic mass is 32.2. The Bertz CT molecular complexity index is 1180. The topological polar surface area (TPSA) is 65.5 Å². The van der Waals surface area contributed by atoms with Gasteiger partial charge in [-0.05, 0) is 74.3 Å². The molecule has 0 radical (unpaired) electrons. The van der Waals surface area contributed by atoms with Crippen LogP contribution in [0.15, 0.2) is 64.8 Å². The highest BCUT2D eigenvalue weighted by Crippen LogP contribution is 2.40. The van der Waals surface area contributed by atoms with Crippen molar-refractivity contribution in [2.75, 3.05) is 47.4 Å². The molecule has 1 aliphatic heterocycles. The molecule has 0 spiro atoms. The molecule has 7 nitrogen and oxygen atoms in total. The second-order valence-corrected chi connectivity index (χ2v) is 11.9. The summed E-state index contributed by atoms with van der Waals surface area (Å²) in [6, 6.07) is 17.7. The lowest BCUT2D eigenvalue weighted by atomic mass is 9.75. The molecule has 0 N–H and O–H groups in total. The molecule has 4 rings (SSSR count). The van der Waals surface area contributed by atoms with Crippen molar-refractivity contribution in [3.8, 4) is 5.75 Å². The molecule has 2 unspecified atom stereocenters. The van der Waals surface area contributed by atoms with Gasteiger partial charge in [-0.3, -0.25) is 9.89 Å². The van der Waals surface area contributed by atoms with Crippen LogP contribution in [-0.4, -0.2) is 82.7 Å². The molecule has 1 heterocycles. The van der Waals surface area contributed by atoms with Gasteiger partial charge in [-0.2, -0.15) is 4.31 Å². The van der Waals surface area contributed by atoms with E-state index >= 15 is 0 Å². The largest absolute Gasteiger partial charge is 0.492 e. The van der Waals surface area contributed by atoms with Crippen LogP contribution in [0.25, 0.3) is 0 Å². The third kappa shape index (κ3) is 5.99. The first-order valence-corrected chi connectivity index (χ1v) is 14.1. The molecule has 194 valence electrons. The number of nitrogens with zero attached hydrogens (tertiary/aromatic N) is 4. The molecule has 0 amide bonds. The number of aryl methyl sites for hydroxylation is 1. The Balaban J connectivity index is 1.48. The molecule has 0 bridgehead atoms. The summed E-state index contributed by atoms with van der Waals surface area (Å²) < 4.78 is 33.0. The van der Waals surface area contributed by atoms with Gasteiger partial charge in [0.15, 0.2) is 5.03 Å². The number of rotatable bonds is 11. The maximum Gasteiger partial charge on any atom is 0.261 e. The number of hydrogen-bond acceptors (Lipinski definition) is 6. The minimum absolute atomic E-state index is 0.0791. The predicted molar refractivity (Wildman–Crippen MR) is 146 cm³/mol. The van der Waals surface area contributed by atoms with Crippen LogP contribution in [0.5, 0.6) is 5.75 Å². The number of hydrogen-bond donors (Lipinski definition) is 0. The number of ether oxygens (including phenoxy) is 1. The van der Waals surface area contributed by atoms with E-state index in [1.165, 1.54) is 60.2 Å². The van der Waals surface area contributed by atoms with Crippen molar-refractivity contribution >= 4 is 16.7 Å². The second-order valence-electron chi connectivity index (χ2n) is 9.92. The predicted octanol–water partition coefficient (Wildman–Crippen LogP) is 3.73. The van der Waals surface area contributed by atoms with Crippen LogP contribution in [0.1, 0.15) is 35.4 Å². The molecule has 2 aromatic rings. The van der Waals surface area contributed by atoms with Gasteiger partial charge in [0.2, 0.25) is 0 Å². The zero-order valence-corrected chi connectivity index (χ0v) is 22.5. The van der Waals surface area contributed by atoms with E-state index in [-0.39, 0.29) is 18.2 Å². The van der Waals surface area contributed by atoms with E-state index in [4.69, 9.17) is 4.74 Å². The molecule has 1 saturated heterocycles. The van der Waals surface area contributed by atoms with Crippen molar-refractivity contribution in [2.45, 2.75) is 37.6 Å². The Morgan fingerprint density at radius 2 is 1.92 bits per heavy atom. The molecular formula is C28H38N4O3S. The first-order chi connectivity index (χ1) is 17.3. The molecule has 2 atom stereocenters. The Hall–Kier alpha value is -2.68. The number of aliphatic imine (C=N–C) groups is 1. The fourth-order valence-corrected chi connectivity index (χ4v) is 6.29. The van der Waals surface area contributed by atoms with Crippen LogP contribution in [0.3, 0.4) is 0 Å². The molecule has 8 heteroatoms. The van der Waals surface area contributed by atoms with Gasteiger partial charge >= 0.3 is 0 Å². The number of likely N-dealkylation sites (N-methyl/N-ethyl adjacent to an activating group) is 1. The van der Waals surface area contributed by atoms with Gasteiger partial charge in [-0.1, -0.05) is 36.4 Å². The molecule has 1 fully saturated rings. The summed E-state index contributed by atoms with van der Waals surface area (Å²) in [4.78, 5) is 7.98. The smallest absolute Gasteiger partial charge is 0.261 e. The summed E-state index contributed by atoms with van der Waals surface area (Å²) in [6.07, 6.45) is 6.01. The van der Waals surface area contributed by atoms with E-state index < -0.39 is 10.0 Å². The number of sulfonamides is 1. The quantitative estimate of drug-likeness (QED) is 0.431. The van der Waals surface area contributed by atoms with Crippen LogP contribution >= 0.6 is 0 Å². The van der Waals surface area contributed by atoms with Crippen LogP contribution in [0.4, 0.5) is 0 Å². The lowest BCUT2D eigenvalue weighted by Gasteiger charge is -2.45. The molecule has 1 aliphatic carbocycles. The van der Waals surface area contributed by atoms with Crippen molar-refractivity contribution in [1.82, 2.24) is 14.1 Å². The number of likely N-dealkylation sites (tertiary alicyclic amines) is 1. The molecule has 36 heavy (non-hydrogen) atoms. The maximum atomic E-state index is 12.8. The van der Waals surface area contributed by atoms with Crippen molar-refractivity contribution in [3.05, 3.63) is 76.5 Å². The SMILES string of the molecule is C=NC(=CN(C)C)S(=O)(=O)N(C)CCOc1ccc2c(c1)C(Cc1ccccc1)C(N1CCC1)CC2. The summed E-state index contributed by atoms with van der Waals surface area (Å²) in [5, 5.41) is -0.0791. The van der Waals surface area contributed by atoms with E-state index in [2.05, 4.69) is 59.1 Å². The van der Waals surface area contributed by atoms with Gasteiger partial charge in [0.25, 0.3) is 10.0 Å². The average molecular weight is 511 g/mol. The van der Waals surface area contributed by atoms with Gasteiger partial charge in [0.05, 0.1) is 0 Å². The zero-order valence-electron chi connectivity index (χ0n) is 21.6. The first kappa shape index (κ1) is 26.4. The van der Waals surface area contributed by atoms with Crippen LogP contribution in [0.2, 0.25) is 0 Å². The van der Waals surface area contributed by atoms with E-state index in [0.29, 0.717) is 12.0 Å². The summed E-state index contributed by atoms with van der Waals surface area (Å²) in [5.41, 5.74) is 4.12. The summed E-state index contributed by atoms with van der Waals surface area (Å²) >= 11 is 0. The lowest BCUT2D eigenvalue weighted by Crippen LogP contribution is -2.49. The monoisotopic (exact) mass is 510 g/mol. The highest BCUT2D eigenvalue weighted by molar-refractivity contribution is 7.93. The normalized spacial score (nSPS) is 20.5. The first-order valence-electron chi connectivity index (χ1n) is 12.6. The van der Waals surface area contributed by atoms with Crippen LogP contribution < -0.4 is 4.74 Å². The van der Waals surface area contributed by atoms with E-state index in [9.17, 15) is 8.42 Å². The number of benzene rings is 2. The molecule has 2 aromatic carbocycles. The Kier molecular flexibility index (Phi) is 8.49. The Morgan fingerprint density at radius 1 is 1.17 bits per heavy atom. The zero-order chi connectivity index (χ0) is 25.7. The van der Waals surface area contributed by atoms with Crippen LogP contribution in [0, 0.1) is 0 Å². The van der Waals surface area contributed by atoms with Crippen molar-refractivity contribution in [3.63, 3.8) is 0 Å². The summed E-state index contributed by atoms with van der Waals surface area (Å²) in [5.74, 6) is 1.20. The lowest BCUT2D eigenvalue weighted by molar-refractivity contribution is 0.0876. The van der Waals surface area contributed by atoms with Crippen molar-refractivity contribution in [1.29, 1.82) is 0 Å². The molecular weight excluding hydrogens is 472 g/mol. The fourth-order valence-electron chi connectivity index (χ4n) is 5.15. The maximum absolute atomic E-state index is 12.8. The van der Waals surface area contributed by atoms with E-state index in [1.807, 2.05) is 6.07 Å². The van der Waals surface area contributed by atoms with Gasteiger partial charge < -0.3 is 9.64 Å². The summed E-state index contributed by atoms with van der Waals surface area (Å²) in [6.45, 7) is 6.25. The summed E-state index contributed by atoms with van der Waals surface area (Å²) in [7, 11) is 1.30. The highest BCUT2D eigenvalue weighted by Gasteiger charge is 2.36. The van der Waals surface area contributed by atoms with E-state index in [0.717, 1.165) is 18.6 Å². The standard InChI is InChI=1S/C28H38N4O3S/c1-29-28(21-30(2)3)36(33,34)31(4)17-18-35-24-13-11-23-12-14-27(32-15-8-16-32)26(25(23)20-24)19-22-9-6-5-7-10-22/h5-7,9-11,13,20-21,26-27H,1,8,12,14-19H2,2-4H3. The average Bonchev–Trinajstić information content (AvgIpc) is 2.83. The van der Waals surface area contributed by atoms with Gasteiger partial charge in [-0.25, -0.2) is 8.42 Å². The Labute approximate surface area is 216 Å². The van der Waals surface area contributed by atoms with Crippen molar-refractivity contribution in [2.24, 2.45) is 4.99 Å².